The maximum atomic E-state index is 12.7. The second-order valence-electron chi connectivity index (χ2n) is 6.55. The molecule has 122 valence electrons. The number of ether oxygens (including phenoxy) is 2. The van der Waals surface area contributed by atoms with Crippen LogP contribution in [0, 0.1) is 11.8 Å². The molecule has 1 saturated heterocycles. The van der Waals surface area contributed by atoms with Crippen molar-refractivity contribution >= 4 is 11.9 Å². The number of rotatable bonds is 3. The average molecular weight is 317 g/mol. The molecule has 2 fully saturated rings. The van der Waals surface area contributed by atoms with E-state index in [-0.39, 0.29) is 25.0 Å². The zero-order valence-electron chi connectivity index (χ0n) is 12.7. The number of carboxylic acid groups (broad SMARTS) is 1. The molecular formula is C17H19NO5. The summed E-state index contributed by atoms with van der Waals surface area (Å²) in [5, 5.41) is 9.54. The van der Waals surface area contributed by atoms with Gasteiger partial charge >= 0.3 is 5.97 Å². The van der Waals surface area contributed by atoms with Gasteiger partial charge in [0.05, 0.1) is 6.42 Å². The fourth-order valence-corrected chi connectivity index (χ4v) is 4.21. The van der Waals surface area contributed by atoms with Gasteiger partial charge in [-0.2, -0.15) is 0 Å². The molecular weight excluding hydrogens is 298 g/mol. The fraction of sp³-hybridized carbons (Fsp3) is 0.529. The maximum absolute atomic E-state index is 12.7. The summed E-state index contributed by atoms with van der Waals surface area (Å²) in [4.78, 5) is 25.9. The molecule has 0 radical (unpaired) electrons. The number of carbonyl (C=O) groups excluding carboxylic acids is 1. The quantitative estimate of drug-likeness (QED) is 0.918. The zero-order valence-corrected chi connectivity index (χ0v) is 12.7. The molecule has 4 rings (SSSR count). The fourth-order valence-electron chi connectivity index (χ4n) is 4.21. The second kappa shape index (κ2) is 5.44. The van der Waals surface area contributed by atoms with Gasteiger partial charge in [-0.25, -0.2) is 4.79 Å². The van der Waals surface area contributed by atoms with Crippen molar-refractivity contribution in [2.45, 2.75) is 31.7 Å². The third-order valence-electron chi connectivity index (χ3n) is 5.26. The number of benzene rings is 1. The third-order valence-corrected chi connectivity index (χ3v) is 5.26. The molecule has 0 bridgehead atoms. The van der Waals surface area contributed by atoms with E-state index in [9.17, 15) is 14.7 Å². The summed E-state index contributed by atoms with van der Waals surface area (Å²) in [6.07, 6.45) is 3.21. The molecule has 1 aromatic rings. The van der Waals surface area contributed by atoms with Crippen molar-refractivity contribution < 1.29 is 24.2 Å². The predicted octanol–water partition coefficient (Wildman–Crippen LogP) is 1.67. The van der Waals surface area contributed by atoms with Crippen LogP contribution in [-0.2, 0) is 16.0 Å². The molecule has 6 heteroatoms. The summed E-state index contributed by atoms with van der Waals surface area (Å²) in [7, 11) is 0. The first-order valence-corrected chi connectivity index (χ1v) is 8.04. The highest BCUT2D eigenvalue weighted by atomic mass is 16.7. The minimum absolute atomic E-state index is 0.119. The van der Waals surface area contributed by atoms with Crippen LogP contribution in [0.3, 0.4) is 0 Å². The Bertz CT molecular complexity index is 658. The van der Waals surface area contributed by atoms with Crippen molar-refractivity contribution in [3.8, 4) is 11.5 Å². The zero-order chi connectivity index (χ0) is 16.0. The summed E-state index contributed by atoms with van der Waals surface area (Å²) < 4.78 is 10.6. The van der Waals surface area contributed by atoms with Crippen molar-refractivity contribution in [2.75, 3.05) is 13.3 Å². The first-order chi connectivity index (χ1) is 11.1. The van der Waals surface area contributed by atoms with Gasteiger partial charge in [-0.3, -0.25) is 4.79 Å². The number of amides is 1. The van der Waals surface area contributed by atoms with Gasteiger partial charge < -0.3 is 19.5 Å². The average Bonchev–Trinajstić information content (AvgIpc) is 3.20. The summed E-state index contributed by atoms with van der Waals surface area (Å²) in [5.74, 6) is 0.790. The van der Waals surface area contributed by atoms with Crippen LogP contribution >= 0.6 is 0 Å². The van der Waals surface area contributed by atoms with E-state index in [4.69, 9.17) is 9.47 Å². The largest absolute Gasteiger partial charge is 0.480 e. The van der Waals surface area contributed by atoms with Gasteiger partial charge in [-0.1, -0.05) is 12.5 Å². The molecule has 3 aliphatic rings. The minimum atomic E-state index is -0.876. The lowest BCUT2D eigenvalue weighted by molar-refractivity contribution is -0.149. The number of hydrogen-bond acceptors (Lipinski definition) is 4. The maximum Gasteiger partial charge on any atom is 0.326 e. The van der Waals surface area contributed by atoms with Crippen molar-refractivity contribution in [2.24, 2.45) is 11.8 Å². The molecule has 0 spiro atoms. The Kier molecular flexibility index (Phi) is 3.39. The van der Waals surface area contributed by atoms with E-state index in [2.05, 4.69) is 0 Å². The van der Waals surface area contributed by atoms with E-state index in [1.165, 1.54) is 0 Å². The van der Waals surface area contributed by atoms with Gasteiger partial charge in [0, 0.05) is 6.54 Å². The van der Waals surface area contributed by atoms with Crippen molar-refractivity contribution in [3.05, 3.63) is 23.8 Å². The first-order valence-electron chi connectivity index (χ1n) is 8.04. The van der Waals surface area contributed by atoms with E-state index in [1.54, 1.807) is 17.0 Å². The third kappa shape index (κ3) is 2.42. The molecule has 23 heavy (non-hydrogen) atoms. The summed E-state index contributed by atoms with van der Waals surface area (Å²) >= 11 is 0. The number of aliphatic carboxylic acids is 1. The molecule has 6 nitrogen and oxygen atoms in total. The van der Waals surface area contributed by atoms with Gasteiger partial charge in [0.1, 0.15) is 6.04 Å². The van der Waals surface area contributed by atoms with Crippen LogP contribution in [0.1, 0.15) is 24.8 Å². The van der Waals surface area contributed by atoms with Crippen LogP contribution in [0.5, 0.6) is 11.5 Å². The molecule has 0 aromatic heterocycles. The Balaban J connectivity index is 1.51. The van der Waals surface area contributed by atoms with Crippen LogP contribution in [-0.4, -0.2) is 41.3 Å². The van der Waals surface area contributed by atoms with E-state index in [0.717, 1.165) is 24.8 Å². The van der Waals surface area contributed by atoms with E-state index in [1.807, 2.05) is 6.07 Å². The summed E-state index contributed by atoms with van der Waals surface area (Å²) in [6.45, 7) is 0.772. The van der Waals surface area contributed by atoms with E-state index >= 15 is 0 Å². The number of carboxylic acids is 1. The number of carbonyl (C=O) groups is 2. The van der Waals surface area contributed by atoms with Gasteiger partial charge in [-0.15, -0.1) is 0 Å². The smallest absolute Gasteiger partial charge is 0.326 e. The van der Waals surface area contributed by atoms with Gasteiger partial charge in [0.25, 0.3) is 0 Å². The van der Waals surface area contributed by atoms with Crippen molar-refractivity contribution in [1.82, 2.24) is 4.90 Å². The molecule has 1 aromatic carbocycles. The van der Waals surface area contributed by atoms with E-state index < -0.39 is 12.0 Å². The van der Waals surface area contributed by atoms with Crippen LogP contribution in [0.25, 0.3) is 0 Å². The summed E-state index contributed by atoms with van der Waals surface area (Å²) in [6, 6.07) is 4.76. The number of likely N-dealkylation sites (tertiary alicyclic amines) is 1. The molecule has 3 unspecified atom stereocenters. The van der Waals surface area contributed by atoms with Gasteiger partial charge in [0.2, 0.25) is 12.7 Å². The summed E-state index contributed by atoms with van der Waals surface area (Å²) in [5.41, 5.74) is 0.820. The Morgan fingerprint density at radius 1 is 1.22 bits per heavy atom. The van der Waals surface area contributed by atoms with Crippen LogP contribution < -0.4 is 9.47 Å². The Hall–Kier alpha value is -2.24. The Labute approximate surface area is 134 Å². The molecule has 1 saturated carbocycles. The molecule has 1 amide bonds. The minimum Gasteiger partial charge on any atom is -0.480 e. The number of fused-ring (bicyclic) bond motifs is 2. The highest BCUT2D eigenvalue weighted by Crippen LogP contribution is 2.42. The molecule has 2 heterocycles. The van der Waals surface area contributed by atoms with Crippen molar-refractivity contribution in [3.63, 3.8) is 0 Å². The monoisotopic (exact) mass is 317 g/mol. The van der Waals surface area contributed by atoms with Crippen LogP contribution in [0.2, 0.25) is 0 Å². The van der Waals surface area contributed by atoms with Crippen LogP contribution in [0.4, 0.5) is 0 Å². The number of nitrogens with zero attached hydrogens (tertiary/aromatic N) is 1. The Morgan fingerprint density at radius 3 is 2.87 bits per heavy atom. The van der Waals surface area contributed by atoms with Crippen molar-refractivity contribution in [1.29, 1.82) is 0 Å². The molecule has 2 aliphatic heterocycles. The van der Waals surface area contributed by atoms with Gasteiger partial charge in [0.15, 0.2) is 11.5 Å². The van der Waals surface area contributed by atoms with E-state index in [0.29, 0.717) is 24.0 Å². The molecule has 3 atom stereocenters. The SMILES string of the molecule is O=C(O)C1C2CCCC2CN1C(=O)Cc1ccc2c(c1)OCO2. The predicted molar refractivity (Wildman–Crippen MR) is 80.2 cm³/mol. The highest BCUT2D eigenvalue weighted by molar-refractivity contribution is 5.86. The number of hydrogen-bond donors (Lipinski definition) is 1. The second-order valence-corrected chi connectivity index (χ2v) is 6.55. The topological polar surface area (TPSA) is 76.1 Å². The van der Waals surface area contributed by atoms with Gasteiger partial charge in [-0.05, 0) is 42.4 Å². The Morgan fingerprint density at radius 2 is 2.04 bits per heavy atom. The van der Waals surface area contributed by atoms with Crippen LogP contribution in [0.15, 0.2) is 18.2 Å². The lowest BCUT2D eigenvalue weighted by Crippen LogP contribution is -2.43. The molecule has 1 aliphatic carbocycles. The normalized spacial score (nSPS) is 28.0. The standard InChI is InChI=1S/C17H19NO5/c19-15(7-10-4-5-13-14(6-10)23-9-22-13)18-8-11-2-1-3-12(11)16(18)17(20)21/h4-6,11-12,16H,1-3,7-9H2,(H,20,21). The first kappa shape index (κ1) is 14.4. The molecule has 1 N–H and O–H groups in total. The highest BCUT2D eigenvalue weighted by Gasteiger charge is 2.49. The lowest BCUT2D eigenvalue weighted by atomic mass is 9.94. The lowest BCUT2D eigenvalue weighted by Gasteiger charge is -2.24.